The molecule has 7 rings (SSSR count). The molecule has 1 aliphatic carbocycles. The van der Waals surface area contributed by atoms with Crippen molar-refractivity contribution in [3.8, 4) is 22.3 Å². The lowest BCUT2D eigenvalue weighted by Gasteiger charge is -2.47. The molecule has 0 saturated heterocycles. The van der Waals surface area contributed by atoms with Gasteiger partial charge in [0, 0.05) is 58.8 Å². The normalized spacial score (nSPS) is 18.3. The van der Waals surface area contributed by atoms with Crippen molar-refractivity contribution in [2.45, 2.75) is 37.9 Å². The predicted octanol–water partition coefficient (Wildman–Crippen LogP) is 9.10. The number of rotatable bonds is 10. The summed E-state index contributed by atoms with van der Waals surface area (Å²) in [4.78, 5) is 4.47. The molecule has 6 N–H and O–H groups in total. The van der Waals surface area contributed by atoms with Gasteiger partial charge < -0.3 is 31.5 Å². The Kier molecular flexibility index (Phi) is 9.31. The monoisotopic (exact) mass is 660 g/mol. The molecule has 2 atom stereocenters. The number of nitrogens with zero attached hydrogens (tertiary/aromatic N) is 2. The molecule has 0 bridgehead atoms. The molecule has 1 aliphatic rings. The van der Waals surface area contributed by atoms with Crippen LogP contribution in [0.25, 0.3) is 22.3 Å². The zero-order chi connectivity index (χ0) is 34.8. The summed E-state index contributed by atoms with van der Waals surface area (Å²) in [6.45, 7) is 5.95. The third-order valence-corrected chi connectivity index (χ3v) is 10.2. The Morgan fingerprint density at radius 1 is 0.500 bits per heavy atom. The van der Waals surface area contributed by atoms with Gasteiger partial charge in [-0.15, -0.1) is 0 Å². The lowest BCUT2D eigenvalue weighted by Crippen LogP contribution is -2.52. The van der Waals surface area contributed by atoms with E-state index in [-0.39, 0.29) is 0 Å². The van der Waals surface area contributed by atoms with Crippen LogP contribution in [0.3, 0.4) is 0 Å². The van der Waals surface area contributed by atoms with E-state index in [1.54, 1.807) is 0 Å². The molecular formula is C44H44N4O2. The standard InChI is InChI=1S/C44H44N4O2/c1-3-47(4-2)31-23-25-35(37(45)27-31)41-43(49)42(44(41)50)36-26-24-32(28-38(36)46)48(39-21-13-11-19-33(39)29-15-7-5-8-16-29)40-22-14-12-20-34(40)30-17-9-6-10-18-30/h5-28,41-44,49-50H,3-4,45-46H2,1-2H3. The van der Waals surface area contributed by atoms with E-state index in [0.29, 0.717) is 11.4 Å². The van der Waals surface area contributed by atoms with E-state index in [1.807, 2.05) is 48.5 Å². The van der Waals surface area contributed by atoms with Crippen LogP contribution < -0.4 is 21.3 Å². The second-order valence-electron chi connectivity index (χ2n) is 12.9. The summed E-state index contributed by atoms with van der Waals surface area (Å²) in [5, 5.41) is 23.1. The zero-order valence-corrected chi connectivity index (χ0v) is 28.5. The Balaban J connectivity index is 1.28. The van der Waals surface area contributed by atoms with Gasteiger partial charge in [0.1, 0.15) is 0 Å². The molecule has 0 spiro atoms. The Morgan fingerprint density at radius 3 is 1.34 bits per heavy atom. The van der Waals surface area contributed by atoms with Crippen molar-refractivity contribution in [1.82, 2.24) is 0 Å². The van der Waals surface area contributed by atoms with Crippen LogP contribution in [0.4, 0.5) is 34.1 Å². The lowest BCUT2D eigenvalue weighted by atomic mass is 9.62. The molecule has 1 fully saturated rings. The smallest absolute Gasteiger partial charge is 0.0728 e. The highest BCUT2D eigenvalue weighted by molar-refractivity contribution is 5.94. The van der Waals surface area contributed by atoms with Crippen LogP contribution >= 0.6 is 0 Å². The molecular weight excluding hydrogens is 617 g/mol. The number of nitrogens with two attached hydrogens (primary N) is 2. The fraction of sp³-hybridized carbons (Fsp3) is 0.182. The third kappa shape index (κ3) is 5.98. The average Bonchev–Trinajstić information content (AvgIpc) is 3.15. The van der Waals surface area contributed by atoms with E-state index in [9.17, 15) is 10.2 Å². The maximum Gasteiger partial charge on any atom is 0.0728 e. The fourth-order valence-corrected chi connectivity index (χ4v) is 7.57. The Morgan fingerprint density at radius 2 is 0.900 bits per heavy atom. The summed E-state index contributed by atoms with van der Waals surface area (Å²) in [5.74, 6) is -1.05. The van der Waals surface area contributed by atoms with Crippen molar-refractivity contribution in [2.24, 2.45) is 0 Å². The van der Waals surface area contributed by atoms with Crippen LogP contribution in [-0.2, 0) is 0 Å². The SMILES string of the molecule is CCN(CC)c1ccc(C2C(O)C(c3ccc(N(c4ccccc4-c4ccccc4)c4ccccc4-c4ccccc4)cc3N)C2O)c(N)c1. The van der Waals surface area contributed by atoms with E-state index in [4.69, 9.17) is 11.5 Å². The topological polar surface area (TPSA) is 99.0 Å². The first-order chi connectivity index (χ1) is 24.4. The van der Waals surface area contributed by atoms with Crippen LogP contribution in [0, 0.1) is 0 Å². The van der Waals surface area contributed by atoms with E-state index >= 15 is 0 Å². The van der Waals surface area contributed by atoms with Gasteiger partial charge in [-0.3, -0.25) is 0 Å². The number of benzene rings is 6. The summed E-state index contributed by atoms with van der Waals surface area (Å²) in [6.07, 6.45) is -1.68. The van der Waals surface area contributed by atoms with Crippen molar-refractivity contribution in [3.63, 3.8) is 0 Å². The largest absolute Gasteiger partial charge is 0.398 e. The quantitative estimate of drug-likeness (QED) is 0.109. The van der Waals surface area contributed by atoms with Gasteiger partial charge >= 0.3 is 0 Å². The number of anilines is 6. The van der Waals surface area contributed by atoms with E-state index in [1.165, 1.54) is 0 Å². The van der Waals surface area contributed by atoms with E-state index in [0.717, 1.165) is 69.2 Å². The van der Waals surface area contributed by atoms with Gasteiger partial charge in [0.05, 0.1) is 23.6 Å². The Bertz CT molecular complexity index is 1990. The van der Waals surface area contributed by atoms with E-state index < -0.39 is 24.0 Å². The third-order valence-electron chi connectivity index (χ3n) is 10.2. The van der Waals surface area contributed by atoms with Crippen molar-refractivity contribution >= 4 is 34.1 Å². The second kappa shape index (κ2) is 14.1. The number of para-hydroxylation sites is 2. The minimum absolute atomic E-state index is 0.503. The minimum Gasteiger partial charge on any atom is -0.398 e. The van der Waals surface area contributed by atoms with Crippen LogP contribution in [0.5, 0.6) is 0 Å². The fourth-order valence-electron chi connectivity index (χ4n) is 7.57. The van der Waals surface area contributed by atoms with Gasteiger partial charge in [0.25, 0.3) is 0 Å². The number of aliphatic hydroxyl groups excluding tert-OH is 2. The molecule has 0 aliphatic heterocycles. The van der Waals surface area contributed by atoms with Gasteiger partial charge in [-0.1, -0.05) is 109 Å². The van der Waals surface area contributed by atoms with Gasteiger partial charge in [0.15, 0.2) is 0 Å². The van der Waals surface area contributed by atoms with Crippen molar-refractivity contribution in [1.29, 1.82) is 0 Å². The van der Waals surface area contributed by atoms with Crippen LogP contribution in [0.15, 0.2) is 146 Å². The maximum absolute atomic E-state index is 11.5. The van der Waals surface area contributed by atoms with Crippen molar-refractivity contribution in [2.75, 3.05) is 34.4 Å². The molecule has 6 aromatic carbocycles. The van der Waals surface area contributed by atoms with Crippen LogP contribution in [0.2, 0.25) is 0 Å². The molecule has 0 amide bonds. The number of aliphatic hydroxyl groups is 2. The van der Waals surface area contributed by atoms with Crippen molar-refractivity contribution in [3.05, 3.63) is 157 Å². The highest BCUT2D eigenvalue weighted by Gasteiger charge is 2.51. The first-order valence-electron chi connectivity index (χ1n) is 17.4. The summed E-state index contributed by atoms with van der Waals surface area (Å²) >= 11 is 0. The highest BCUT2D eigenvalue weighted by atomic mass is 16.3. The van der Waals surface area contributed by atoms with E-state index in [2.05, 4.69) is 121 Å². The first kappa shape index (κ1) is 33.0. The minimum atomic E-state index is -0.839. The summed E-state index contributed by atoms with van der Waals surface area (Å²) < 4.78 is 0. The molecule has 0 aromatic heterocycles. The highest BCUT2D eigenvalue weighted by Crippen LogP contribution is 2.52. The molecule has 252 valence electrons. The molecule has 2 unspecified atom stereocenters. The molecule has 6 nitrogen and oxygen atoms in total. The average molecular weight is 661 g/mol. The predicted molar refractivity (Wildman–Crippen MR) is 208 cm³/mol. The summed E-state index contributed by atoms with van der Waals surface area (Å²) in [6, 6.07) is 49.4. The number of hydrogen-bond acceptors (Lipinski definition) is 6. The molecule has 1 saturated carbocycles. The number of hydrogen-bond donors (Lipinski definition) is 4. The van der Waals surface area contributed by atoms with Gasteiger partial charge in [-0.25, -0.2) is 0 Å². The molecule has 50 heavy (non-hydrogen) atoms. The molecule has 6 aromatic rings. The van der Waals surface area contributed by atoms with Gasteiger partial charge in [-0.05, 0) is 72.5 Å². The van der Waals surface area contributed by atoms with Gasteiger partial charge in [0.2, 0.25) is 0 Å². The van der Waals surface area contributed by atoms with Gasteiger partial charge in [-0.2, -0.15) is 0 Å². The molecule has 6 heteroatoms. The molecule has 0 heterocycles. The lowest BCUT2D eigenvalue weighted by molar-refractivity contribution is -0.0780. The maximum atomic E-state index is 11.5. The summed E-state index contributed by atoms with van der Waals surface area (Å²) in [5.41, 5.74) is 24.2. The Hall–Kier alpha value is -5.56. The first-order valence-corrected chi connectivity index (χ1v) is 17.4. The summed E-state index contributed by atoms with van der Waals surface area (Å²) in [7, 11) is 0. The van der Waals surface area contributed by atoms with Crippen LogP contribution in [0.1, 0.15) is 36.8 Å². The molecule has 0 radical (unpaired) electrons. The Labute approximate surface area is 294 Å². The zero-order valence-electron chi connectivity index (χ0n) is 28.5. The van der Waals surface area contributed by atoms with Crippen molar-refractivity contribution < 1.29 is 10.2 Å². The van der Waals surface area contributed by atoms with Crippen LogP contribution in [-0.4, -0.2) is 35.5 Å². The second-order valence-corrected chi connectivity index (χ2v) is 12.9. The number of nitrogen functional groups attached to an aromatic ring is 2.